The van der Waals surface area contributed by atoms with E-state index < -0.39 is 4.92 Å². The molecule has 1 N–H and O–H groups in total. The Morgan fingerprint density at radius 3 is 2.58 bits per heavy atom. The molecule has 0 aliphatic carbocycles. The summed E-state index contributed by atoms with van der Waals surface area (Å²) >= 11 is 1.38. The molecule has 1 aromatic heterocycles. The molecule has 0 aliphatic rings. The highest BCUT2D eigenvalue weighted by molar-refractivity contribution is 8.00. The van der Waals surface area contributed by atoms with Crippen LogP contribution in [0.5, 0.6) is 0 Å². The van der Waals surface area contributed by atoms with Crippen molar-refractivity contribution in [3.8, 4) is 0 Å². The lowest BCUT2D eigenvalue weighted by molar-refractivity contribution is -0.384. The van der Waals surface area contributed by atoms with Crippen LogP contribution in [-0.4, -0.2) is 21.1 Å². The third-order valence-electron chi connectivity index (χ3n) is 3.91. The number of hydrogen-bond acceptors (Lipinski definition) is 5. The minimum Gasteiger partial charge on any atom is -0.325 e. The van der Waals surface area contributed by atoms with E-state index in [2.05, 4.69) is 10.3 Å². The number of aromatic nitrogens is 1. The van der Waals surface area contributed by atoms with Gasteiger partial charge in [0.05, 0.1) is 20.7 Å². The second kappa shape index (κ2) is 7.53. The van der Waals surface area contributed by atoms with Crippen LogP contribution in [-0.2, 0) is 4.79 Å². The molecule has 3 aromatic rings. The maximum atomic E-state index is 12.4. The highest BCUT2D eigenvalue weighted by Crippen LogP contribution is 2.27. The second-order valence-corrected chi connectivity index (χ2v) is 7.21. The number of aryl methyl sites for hydroxylation is 1. The third kappa shape index (κ3) is 4.00. The van der Waals surface area contributed by atoms with Crippen LogP contribution < -0.4 is 5.32 Å². The minimum atomic E-state index is -0.474. The van der Waals surface area contributed by atoms with E-state index >= 15 is 0 Å². The fourth-order valence-electron chi connectivity index (χ4n) is 2.52. The summed E-state index contributed by atoms with van der Waals surface area (Å²) in [6.07, 6.45) is 0. The summed E-state index contributed by atoms with van der Waals surface area (Å²) in [5.74, 6) is -0.184. The molecule has 3 rings (SSSR count). The molecule has 0 radical (unpaired) electrons. The van der Waals surface area contributed by atoms with Crippen LogP contribution in [0.2, 0.25) is 0 Å². The predicted octanol–water partition coefficient (Wildman–Crippen LogP) is 4.57. The highest BCUT2D eigenvalue weighted by Gasteiger charge is 2.16. The summed E-state index contributed by atoms with van der Waals surface area (Å²) in [5, 5.41) is 15.0. The van der Waals surface area contributed by atoms with E-state index in [1.807, 2.05) is 37.3 Å². The lowest BCUT2D eigenvalue weighted by Crippen LogP contribution is -2.22. The molecule has 1 heterocycles. The summed E-state index contributed by atoms with van der Waals surface area (Å²) in [4.78, 5) is 27.2. The number of hydrogen-bond donors (Lipinski definition) is 1. The number of nitrogens with zero attached hydrogens (tertiary/aromatic N) is 2. The molecular formula is C19H17N3O3S. The predicted molar refractivity (Wildman–Crippen MR) is 104 cm³/mol. The van der Waals surface area contributed by atoms with Crippen molar-refractivity contribution >= 4 is 39.9 Å². The Bertz CT molecular complexity index is 973. The van der Waals surface area contributed by atoms with Crippen molar-refractivity contribution < 1.29 is 9.72 Å². The van der Waals surface area contributed by atoms with Crippen LogP contribution >= 0.6 is 11.8 Å². The van der Waals surface area contributed by atoms with Crippen LogP contribution in [0.15, 0.2) is 59.6 Å². The minimum absolute atomic E-state index is 0.0127. The second-order valence-electron chi connectivity index (χ2n) is 5.85. The molecule has 0 spiro atoms. The number of fused-ring (bicyclic) bond motifs is 1. The number of non-ortho nitro benzene ring substituents is 1. The van der Waals surface area contributed by atoms with Gasteiger partial charge in [0.15, 0.2) is 0 Å². The Morgan fingerprint density at radius 2 is 1.88 bits per heavy atom. The lowest BCUT2D eigenvalue weighted by atomic mass is 10.1. The van der Waals surface area contributed by atoms with Gasteiger partial charge in [-0.3, -0.25) is 14.9 Å². The molecule has 0 fully saturated rings. The number of carbonyl (C=O) groups excluding carboxylic acids is 1. The van der Waals surface area contributed by atoms with E-state index in [1.165, 1.54) is 36.0 Å². The molecule has 0 aliphatic heterocycles. The van der Waals surface area contributed by atoms with Crippen molar-refractivity contribution in [1.82, 2.24) is 4.98 Å². The molecular weight excluding hydrogens is 350 g/mol. The van der Waals surface area contributed by atoms with E-state index in [0.717, 1.165) is 21.5 Å². The zero-order valence-electron chi connectivity index (χ0n) is 14.3. The largest absolute Gasteiger partial charge is 0.325 e. The standard InChI is InChI=1S/C19H17N3O3S/c1-12-11-18(21-17-6-4-3-5-16(12)17)26-13(2)19(23)20-14-7-9-15(10-8-14)22(24)25/h3-11,13H,1-2H3,(H,20,23). The maximum Gasteiger partial charge on any atom is 0.269 e. The first kappa shape index (κ1) is 17.9. The molecule has 1 unspecified atom stereocenters. The van der Waals surface area contributed by atoms with Gasteiger partial charge in [-0.15, -0.1) is 0 Å². The third-order valence-corrected chi connectivity index (χ3v) is 4.93. The van der Waals surface area contributed by atoms with Gasteiger partial charge in [0.1, 0.15) is 0 Å². The summed E-state index contributed by atoms with van der Waals surface area (Å²) in [7, 11) is 0. The van der Waals surface area contributed by atoms with Crippen LogP contribution in [0, 0.1) is 17.0 Å². The summed E-state index contributed by atoms with van der Waals surface area (Å²) in [6.45, 7) is 3.83. The molecule has 0 saturated heterocycles. The van der Waals surface area contributed by atoms with Gasteiger partial charge < -0.3 is 5.32 Å². The molecule has 26 heavy (non-hydrogen) atoms. The van der Waals surface area contributed by atoms with Gasteiger partial charge in [-0.2, -0.15) is 0 Å². The fraction of sp³-hybridized carbons (Fsp3) is 0.158. The van der Waals surface area contributed by atoms with Gasteiger partial charge in [0.25, 0.3) is 5.69 Å². The van der Waals surface area contributed by atoms with Crippen molar-refractivity contribution in [2.75, 3.05) is 5.32 Å². The molecule has 6 nitrogen and oxygen atoms in total. The number of nitro groups is 1. The monoisotopic (exact) mass is 367 g/mol. The van der Waals surface area contributed by atoms with Gasteiger partial charge in [0, 0.05) is 23.2 Å². The SMILES string of the molecule is Cc1cc(SC(C)C(=O)Nc2ccc([N+](=O)[O-])cc2)nc2ccccc12. The van der Waals surface area contributed by atoms with Crippen molar-refractivity contribution in [3.05, 3.63) is 70.3 Å². The van der Waals surface area contributed by atoms with E-state index in [1.54, 1.807) is 6.92 Å². The number of benzene rings is 2. The number of amides is 1. The molecule has 0 saturated carbocycles. The summed E-state index contributed by atoms with van der Waals surface area (Å²) in [6, 6.07) is 15.6. The first-order valence-electron chi connectivity index (χ1n) is 8.02. The van der Waals surface area contributed by atoms with E-state index in [4.69, 9.17) is 0 Å². The Hall–Kier alpha value is -2.93. The summed E-state index contributed by atoms with van der Waals surface area (Å²) < 4.78 is 0. The Balaban J connectivity index is 1.70. The maximum absolute atomic E-state index is 12.4. The zero-order valence-corrected chi connectivity index (χ0v) is 15.1. The Labute approximate surface area is 154 Å². The average molecular weight is 367 g/mol. The van der Waals surface area contributed by atoms with Crippen molar-refractivity contribution in [2.45, 2.75) is 24.1 Å². The van der Waals surface area contributed by atoms with Crippen molar-refractivity contribution in [1.29, 1.82) is 0 Å². The topological polar surface area (TPSA) is 85.1 Å². The number of carbonyl (C=O) groups is 1. The van der Waals surface area contributed by atoms with E-state index in [0.29, 0.717) is 5.69 Å². The Morgan fingerprint density at radius 1 is 1.19 bits per heavy atom. The molecule has 2 aromatic carbocycles. The highest BCUT2D eigenvalue weighted by atomic mass is 32.2. The number of pyridine rings is 1. The van der Waals surface area contributed by atoms with Gasteiger partial charge >= 0.3 is 0 Å². The molecule has 0 bridgehead atoms. The van der Waals surface area contributed by atoms with Gasteiger partial charge in [-0.05, 0) is 43.7 Å². The van der Waals surface area contributed by atoms with Crippen molar-refractivity contribution in [2.24, 2.45) is 0 Å². The smallest absolute Gasteiger partial charge is 0.269 e. The number of nitro benzene ring substituents is 1. The number of para-hydroxylation sites is 1. The number of thioether (sulfide) groups is 1. The first-order valence-corrected chi connectivity index (χ1v) is 8.90. The fourth-order valence-corrected chi connectivity index (χ4v) is 3.45. The average Bonchev–Trinajstić information content (AvgIpc) is 2.62. The quantitative estimate of drug-likeness (QED) is 0.405. The van der Waals surface area contributed by atoms with E-state index in [-0.39, 0.29) is 16.8 Å². The van der Waals surface area contributed by atoms with E-state index in [9.17, 15) is 14.9 Å². The van der Waals surface area contributed by atoms with Crippen molar-refractivity contribution in [3.63, 3.8) is 0 Å². The van der Waals surface area contributed by atoms with Crippen LogP contribution in [0.3, 0.4) is 0 Å². The zero-order chi connectivity index (χ0) is 18.7. The lowest BCUT2D eigenvalue weighted by Gasteiger charge is -2.12. The molecule has 1 atom stereocenters. The van der Waals surface area contributed by atoms with Crippen LogP contribution in [0.1, 0.15) is 12.5 Å². The number of nitrogens with one attached hydrogen (secondary N) is 1. The first-order chi connectivity index (χ1) is 12.4. The van der Waals surface area contributed by atoms with Gasteiger partial charge in [-0.25, -0.2) is 4.98 Å². The van der Waals surface area contributed by atoms with Gasteiger partial charge in [-0.1, -0.05) is 30.0 Å². The number of anilines is 1. The van der Waals surface area contributed by atoms with Crippen LogP contribution in [0.25, 0.3) is 10.9 Å². The Kier molecular flexibility index (Phi) is 5.18. The van der Waals surface area contributed by atoms with Gasteiger partial charge in [0.2, 0.25) is 5.91 Å². The normalized spacial score (nSPS) is 11.9. The van der Waals surface area contributed by atoms with Crippen LogP contribution in [0.4, 0.5) is 11.4 Å². The molecule has 1 amide bonds. The molecule has 7 heteroatoms. The molecule has 132 valence electrons. The summed E-state index contributed by atoms with van der Waals surface area (Å²) in [5.41, 5.74) is 2.52. The number of rotatable bonds is 5.